The molecule has 2 heteroatoms. The van der Waals surface area contributed by atoms with E-state index in [9.17, 15) is 0 Å². The average Bonchev–Trinajstić information content (AvgIpc) is 2.76. The van der Waals surface area contributed by atoms with Gasteiger partial charge in [-0.25, -0.2) is 0 Å². The summed E-state index contributed by atoms with van der Waals surface area (Å²) in [6.07, 6.45) is 8.94. The SMILES string of the molecule is C=Nc1cc(C)c(C)cc1N(/C=C\C(C)/C(C)=C\C=C(/C)C(C)(C)C)CC.CC.CC. The first-order valence-corrected chi connectivity index (χ1v) is 11.9. The van der Waals surface area contributed by atoms with Crippen molar-refractivity contribution in [2.75, 3.05) is 11.4 Å². The van der Waals surface area contributed by atoms with E-state index in [1.165, 1.54) is 22.3 Å². The fourth-order valence-corrected chi connectivity index (χ4v) is 2.54. The van der Waals surface area contributed by atoms with Gasteiger partial charge in [-0.05, 0) is 75.9 Å². The van der Waals surface area contributed by atoms with Crippen LogP contribution < -0.4 is 4.90 Å². The lowest BCUT2D eigenvalue weighted by atomic mass is 9.87. The number of rotatable bonds is 7. The van der Waals surface area contributed by atoms with E-state index >= 15 is 0 Å². The molecule has 0 N–H and O–H groups in total. The van der Waals surface area contributed by atoms with Gasteiger partial charge in [0.25, 0.3) is 0 Å². The summed E-state index contributed by atoms with van der Waals surface area (Å²) < 4.78 is 0. The standard InChI is InChI=1S/C25H38N2.2C2H6/c1-11-27(24-17-21(5)20(4)16-23(24)26-10)15-14-19(3)18(2)12-13-22(6)25(7,8)9;2*1-2/h12-17,19H,10-11H2,1-9H3;2*1-2H3/b15-14-,18-12-,22-13+;;. The van der Waals surface area contributed by atoms with Gasteiger partial charge in [0, 0.05) is 12.7 Å². The Labute approximate surface area is 194 Å². The summed E-state index contributed by atoms with van der Waals surface area (Å²) in [5.41, 5.74) is 7.53. The monoisotopic (exact) mass is 426 g/mol. The molecule has 0 saturated carbocycles. The van der Waals surface area contributed by atoms with E-state index in [0.717, 1.165) is 17.9 Å². The molecule has 176 valence electrons. The Morgan fingerprint density at radius 3 is 2.00 bits per heavy atom. The third-order valence-corrected chi connectivity index (χ3v) is 5.46. The number of nitrogens with zero attached hydrogens (tertiary/aromatic N) is 2. The first-order chi connectivity index (χ1) is 14.5. The molecule has 0 aliphatic carbocycles. The Kier molecular flexibility index (Phi) is 15.7. The topological polar surface area (TPSA) is 15.6 Å². The molecule has 1 unspecified atom stereocenters. The average molecular weight is 427 g/mol. The van der Waals surface area contributed by atoms with Gasteiger partial charge in [0.15, 0.2) is 0 Å². The maximum absolute atomic E-state index is 4.23. The number of aryl methyl sites for hydroxylation is 2. The molecule has 0 fully saturated rings. The smallest absolute Gasteiger partial charge is 0.0861 e. The fraction of sp³-hybridized carbons (Fsp3) is 0.552. The lowest BCUT2D eigenvalue weighted by Gasteiger charge is -2.22. The molecule has 2 nitrogen and oxygen atoms in total. The molecule has 0 aromatic heterocycles. The molecule has 0 heterocycles. The van der Waals surface area contributed by atoms with Crippen molar-refractivity contribution >= 4 is 18.1 Å². The summed E-state index contributed by atoms with van der Waals surface area (Å²) in [7, 11) is 0. The Hall–Kier alpha value is -2.09. The highest BCUT2D eigenvalue weighted by Crippen LogP contribution is 2.32. The number of aliphatic imine (C=N–C) groups is 1. The summed E-state index contributed by atoms with van der Waals surface area (Å²) >= 11 is 0. The Balaban J connectivity index is 0. The molecule has 0 saturated heterocycles. The van der Waals surface area contributed by atoms with Crippen LogP contribution in [0.1, 0.15) is 87.3 Å². The van der Waals surface area contributed by atoms with Gasteiger partial charge in [-0.3, -0.25) is 4.99 Å². The van der Waals surface area contributed by atoms with E-state index in [4.69, 9.17) is 0 Å². The van der Waals surface area contributed by atoms with Gasteiger partial charge in [-0.2, -0.15) is 0 Å². The van der Waals surface area contributed by atoms with Crippen molar-refractivity contribution in [1.82, 2.24) is 0 Å². The summed E-state index contributed by atoms with van der Waals surface area (Å²) in [5.74, 6) is 0.370. The summed E-state index contributed by atoms with van der Waals surface area (Å²) in [5, 5.41) is 0. The summed E-state index contributed by atoms with van der Waals surface area (Å²) in [6.45, 7) is 32.4. The predicted molar refractivity (Wildman–Crippen MR) is 146 cm³/mol. The zero-order valence-corrected chi connectivity index (χ0v) is 22.9. The minimum atomic E-state index is 0.215. The van der Waals surface area contributed by atoms with Crippen LogP contribution in [0.2, 0.25) is 0 Å². The number of benzene rings is 1. The number of hydrogen-bond donors (Lipinski definition) is 0. The highest BCUT2D eigenvalue weighted by atomic mass is 15.1. The quantitative estimate of drug-likeness (QED) is 0.313. The molecule has 1 aromatic rings. The van der Waals surface area contributed by atoms with Crippen LogP contribution in [0.5, 0.6) is 0 Å². The summed E-state index contributed by atoms with van der Waals surface area (Å²) in [6, 6.07) is 4.32. The van der Waals surface area contributed by atoms with Crippen molar-refractivity contribution < 1.29 is 0 Å². The molecule has 0 radical (unpaired) electrons. The van der Waals surface area contributed by atoms with Gasteiger partial charge < -0.3 is 4.90 Å². The van der Waals surface area contributed by atoms with Crippen LogP contribution in [0.3, 0.4) is 0 Å². The van der Waals surface area contributed by atoms with Crippen molar-refractivity contribution in [2.24, 2.45) is 16.3 Å². The van der Waals surface area contributed by atoms with E-state index < -0.39 is 0 Å². The van der Waals surface area contributed by atoms with Gasteiger partial charge in [-0.1, -0.05) is 84.8 Å². The van der Waals surface area contributed by atoms with E-state index in [0.29, 0.717) is 5.92 Å². The van der Waals surface area contributed by atoms with E-state index in [1.54, 1.807) is 0 Å². The largest absolute Gasteiger partial charge is 0.347 e. The van der Waals surface area contributed by atoms with Crippen LogP contribution in [0.4, 0.5) is 11.4 Å². The maximum atomic E-state index is 4.23. The van der Waals surface area contributed by atoms with Crippen LogP contribution in [0.15, 0.2) is 52.7 Å². The van der Waals surface area contributed by atoms with Crippen LogP contribution in [0.25, 0.3) is 0 Å². The third-order valence-electron chi connectivity index (χ3n) is 5.46. The minimum Gasteiger partial charge on any atom is -0.347 e. The Morgan fingerprint density at radius 2 is 1.55 bits per heavy atom. The van der Waals surface area contributed by atoms with E-state index in [2.05, 4.69) is 115 Å². The second kappa shape index (κ2) is 15.7. The normalized spacial score (nSPS) is 13.1. The Morgan fingerprint density at radius 1 is 1.03 bits per heavy atom. The molecule has 1 rings (SSSR count). The zero-order valence-electron chi connectivity index (χ0n) is 22.9. The van der Waals surface area contributed by atoms with E-state index in [-0.39, 0.29) is 5.41 Å². The molecule has 1 aromatic carbocycles. The molecule has 0 spiro atoms. The third kappa shape index (κ3) is 10.7. The number of hydrogen-bond acceptors (Lipinski definition) is 2. The van der Waals surface area contributed by atoms with Crippen LogP contribution >= 0.6 is 0 Å². The van der Waals surface area contributed by atoms with Gasteiger partial charge in [0.1, 0.15) is 0 Å². The van der Waals surface area contributed by atoms with Gasteiger partial charge >= 0.3 is 0 Å². The molecular weight excluding hydrogens is 376 g/mol. The first kappa shape index (κ1) is 31.1. The molecule has 0 bridgehead atoms. The van der Waals surface area contributed by atoms with Crippen molar-refractivity contribution in [3.8, 4) is 0 Å². The van der Waals surface area contributed by atoms with Crippen LogP contribution in [0, 0.1) is 25.2 Å². The Bertz CT molecular complexity index is 743. The lowest BCUT2D eigenvalue weighted by Crippen LogP contribution is -2.16. The predicted octanol–water partition coefficient (Wildman–Crippen LogP) is 9.60. The lowest BCUT2D eigenvalue weighted by molar-refractivity contribution is 0.504. The van der Waals surface area contributed by atoms with Gasteiger partial charge in [0.2, 0.25) is 0 Å². The highest BCUT2D eigenvalue weighted by Gasteiger charge is 2.12. The fourth-order valence-electron chi connectivity index (χ4n) is 2.54. The van der Waals surface area contributed by atoms with Crippen molar-refractivity contribution in [3.05, 3.63) is 58.8 Å². The second-order valence-electron chi connectivity index (χ2n) is 8.51. The molecule has 0 aliphatic heterocycles. The minimum absolute atomic E-state index is 0.215. The number of allylic oxidation sites excluding steroid dienone is 5. The summed E-state index contributed by atoms with van der Waals surface area (Å²) in [4.78, 5) is 6.48. The van der Waals surface area contributed by atoms with Gasteiger partial charge in [-0.15, -0.1) is 0 Å². The molecule has 0 aliphatic rings. The molecule has 0 amide bonds. The molecule has 1 atom stereocenters. The van der Waals surface area contributed by atoms with Crippen molar-refractivity contribution in [1.29, 1.82) is 0 Å². The number of anilines is 1. The maximum Gasteiger partial charge on any atom is 0.0861 e. The molecular formula is C29H50N2. The van der Waals surface area contributed by atoms with Crippen molar-refractivity contribution in [2.45, 2.75) is 90.0 Å². The van der Waals surface area contributed by atoms with Gasteiger partial charge in [0.05, 0.1) is 11.4 Å². The zero-order chi connectivity index (χ0) is 24.8. The van der Waals surface area contributed by atoms with Crippen molar-refractivity contribution in [3.63, 3.8) is 0 Å². The van der Waals surface area contributed by atoms with E-state index in [1.807, 2.05) is 27.7 Å². The van der Waals surface area contributed by atoms with Crippen LogP contribution in [-0.2, 0) is 0 Å². The second-order valence-corrected chi connectivity index (χ2v) is 8.51. The van der Waals surface area contributed by atoms with Crippen LogP contribution in [-0.4, -0.2) is 13.3 Å². The highest BCUT2D eigenvalue weighted by molar-refractivity contribution is 5.72. The first-order valence-electron chi connectivity index (χ1n) is 11.9. The molecule has 31 heavy (non-hydrogen) atoms.